The highest BCUT2D eigenvalue weighted by molar-refractivity contribution is 5.86. The highest BCUT2D eigenvalue weighted by Crippen LogP contribution is 2.55. The molecule has 11 rings (SSSR count). The van der Waals surface area contributed by atoms with E-state index in [1.807, 2.05) is 0 Å². The van der Waals surface area contributed by atoms with Gasteiger partial charge < -0.3 is 9.80 Å². The lowest BCUT2D eigenvalue weighted by molar-refractivity contribution is 0.394. The summed E-state index contributed by atoms with van der Waals surface area (Å²) in [5, 5.41) is 0. The van der Waals surface area contributed by atoms with Crippen molar-refractivity contribution in [3.63, 3.8) is 0 Å². The predicted octanol–water partition coefficient (Wildman–Crippen LogP) is 17.0. The van der Waals surface area contributed by atoms with Crippen LogP contribution in [-0.2, 0) is 10.8 Å². The van der Waals surface area contributed by atoms with Crippen LogP contribution in [0.3, 0.4) is 0 Å². The molecule has 2 unspecified atom stereocenters. The maximum atomic E-state index is 2.45. The minimum absolute atomic E-state index is 0.0458. The summed E-state index contributed by atoms with van der Waals surface area (Å²) in [5.41, 5.74) is 22.5. The maximum Gasteiger partial charge on any atom is 0.0465 e. The van der Waals surface area contributed by atoms with Crippen LogP contribution in [0.25, 0.3) is 33.4 Å². The number of allylic oxidation sites excluding steroid dienone is 4. The number of fused-ring (bicyclic) bond motifs is 6. The smallest absolute Gasteiger partial charge is 0.0465 e. The Morgan fingerprint density at radius 3 is 1.31 bits per heavy atom. The SMILES string of the molecule is Cc1ccc(N(c2ccc(-c3ccc(-c4ccc(N(c5ccc(C)cc5)c5ccc6c(c5)C(C)(C)C5C=CC=CC65)cc4)cc3)cc2)c2ccc3c(c2)C(C)(C)c2ccccc2-3)cc1. The van der Waals surface area contributed by atoms with Crippen LogP contribution in [0.1, 0.15) is 67.0 Å². The van der Waals surface area contributed by atoms with E-state index in [2.05, 4.69) is 258 Å². The fraction of sp³-hybridized carbons (Fsp3) is 0.161. The van der Waals surface area contributed by atoms with Crippen molar-refractivity contribution < 1.29 is 0 Å². The predicted molar refractivity (Wildman–Crippen MR) is 271 cm³/mol. The van der Waals surface area contributed by atoms with Gasteiger partial charge in [-0.15, -0.1) is 0 Å². The van der Waals surface area contributed by atoms with Crippen molar-refractivity contribution in [1.82, 2.24) is 0 Å². The number of rotatable bonds is 8. The number of benzene rings is 8. The second kappa shape index (κ2) is 15.3. The third-order valence-electron chi connectivity index (χ3n) is 14.5. The third-order valence-corrected chi connectivity index (χ3v) is 14.5. The van der Waals surface area contributed by atoms with Gasteiger partial charge in [-0.3, -0.25) is 0 Å². The average molecular weight is 827 g/mol. The quantitative estimate of drug-likeness (QED) is 0.151. The molecule has 0 radical (unpaired) electrons. The molecular weight excluding hydrogens is 773 g/mol. The summed E-state index contributed by atoms with van der Waals surface area (Å²) in [4.78, 5) is 4.80. The Kier molecular flexibility index (Phi) is 9.47. The zero-order valence-corrected chi connectivity index (χ0v) is 37.7. The van der Waals surface area contributed by atoms with Crippen molar-refractivity contribution in [1.29, 1.82) is 0 Å². The van der Waals surface area contributed by atoms with E-state index in [4.69, 9.17) is 0 Å². The number of aryl methyl sites for hydroxylation is 2. The van der Waals surface area contributed by atoms with Gasteiger partial charge in [-0.1, -0.05) is 172 Å². The highest BCUT2D eigenvalue weighted by Gasteiger charge is 2.44. The van der Waals surface area contributed by atoms with E-state index in [-0.39, 0.29) is 10.8 Å². The standard InChI is InChI=1S/C62H54N2/c1-41-15-27-47(28-16-41)63(51-35-37-55-53-11-7-9-13-57(53)61(3,4)59(55)39-51)49-31-23-45(24-32-49)43-19-21-44(22-20-43)46-25-33-50(34-26-46)64(48-29-17-42(2)18-30-48)52-36-38-56-54-12-8-10-14-58(54)62(5,6)60(56)40-52/h7-40,53,57H,1-6H3. The van der Waals surface area contributed by atoms with E-state index >= 15 is 0 Å². The van der Waals surface area contributed by atoms with Gasteiger partial charge in [-0.05, 0) is 154 Å². The molecule has 8 aromatic carbocycles. The van der Waals surface area contributed by atoms with Crippen molar-refractivity contribution in [2.75, 3.05) is 9.80 Å². The molecular formula is C62H54N2. The van der Waals surface area contributed by atoms with Crippen LogP contribution in [0.15, 0.2) is 206 Å². The first-order chi connectivity index (χ1) is 31.0. The minimum atomic E-state index is -0.0733. The van der Waals surface area contributed by atoms with E-state index in [0.29, 0.717) is 11.8 Å². The summed E-state index contributed by atoms with van der Waals surface area (Å²) in [6, 6.07) is 67.9. The topological polar surface area (TPSA) is 6.48 Å². The zero-order valence-electron chi connectivity index (χ0n) is 37.7. The first kappa shape index (κ1) is 39.7. The molecule has 0 saturated carbocycles. The summed E-state index contributed by atoms with van der Waals surface area (Å²) >= 11 is 0. The van der Waals surface area contributed by atoms with Gasteiger partial charge in [0.05, 0.1) is 0 Å². The Hall–Kier alpha value is -7.16. The molecule has 2 nitrogen and oxygen atoms in total. The molecule has 64 heavy (non-hydrogen) atoms. The number of nitrogens with zero attached hydrogens (tertiary/aromatic N) is 2. The summed E-state index contributed by atoms with van der Waals surface area (Å²) in [7, 11) is 0. The molecule has 0 spiro atoms. The van der Waals surface area contributed by atoms with Crippen LogP contribution in [-0.4, -0.2) is 0 Å². The molecule has 2 heteroatoms. The molecule has 0 aliphatic heterocycles. The van der Waals surface area contributed by atoms with E-state index in [1.54, 1.807) is 0 Å². The first-order valence-electron chi connectivity index (χ1n) is 22.8. The zero-order chi connectivity index (χ0) is 43.7. The average Bonchev–Trinajstić information content (AvgIpc) is 3.70. The van der Waals surface area contributed by atoms with Crippen LogP contribution >= 0.6 is 0 Å². The van der Waals surface area contributed by atoms with Crippen LogP contribution < -0.4 is 9.80 Å². The van der Waals surface area contributed by atoms with Gasteiger partial charge in [0, 0.05) is 45.5 Å². The summed E-state index contributed by atoms with van der Waals surface area (Å²) in [6.45, 7) is 13.8. The third kappa shape index (κ3) is 6.63. The number of anilines is 6. The summed E-state index contributed by atoms with van der Waals surface area (Å²) in [5.74, 6) is 0.910. The molecule has 0 bridgehead atoms. The lowest BCUT2D eigenvalue weighted by Crippen LogP contribution is -2.24. The van der Waals surface area contributed by atoms with Crippen LogP contribution in [0.2, 0.25) is 0 Å². The fourth-order valence-electron chi connectivity index (χ4n) is 10.9. The Labute approximate surface area is 379 Å². The monoisotopic (exact) mass is 826 g/mol. The van der Waals surface area contributed by atoms with Gasteiger partial charge in [-0.25, -0.2) is 0 Å². The number of hydrogen-bond acceptors (Lipinski definition) is 2. The first-order valence-corrected chi connectivity index (χ1v) is 22.8. The molecule has 3 aliphatic rings. The van der Waals surface area contributed by atoms with Gasteiger partial charge in [0.25, 0.3) is 0 Å². The second-order valence-corrected chi connectivity index (χ2v) is 19.2. The van der Waals surface area contributed by atoms with Crippen molar-refractivity contribution in [3.05, 3.63) is 240 Å². The van der Waals surface area contributed by atoms with Crippen LogP contribution in [0.5, 0.6) is 0 Å². The van der Waals surface area contributed by atoms with E-state index in [0.717, 1.165) is 28.4 Å². The lowest BCUT2D eigenvalue weighted by atomic mass is 9.74. The van der Waals surface area contributed by atoms with Crippen molar-refractivity contribution in [3.8, 4) is 33.4 Å². The Bertz CT molecular complexity index is 3090. The second-order valence-electron chi connectivity index (χ2n) is 19.2. The van der Waals surface area contributed by atoms with E-state index < -0.39 is 0 Å². The minimum Gasteiger partial charge on any atom is -0.310 e. The van der Waals surface area contributed by atoms with E-state index in [1.165, 1.54) is 72.4 Å². The highest BCUT2D eigenvalue weighted by atomic mass is 15.1. The molecule has 0 aromatic heterocycles. The molecule has 312 valence electrons. The van der Waals surface area contributed by atoms with Gasteiger partial charge >= 0.3 is 0 Å². The molecule has 0 saturated heterocycles. The molecule has 8 aromatic rings. The van der Waals surface area contributed by atoms with Crippen molar-refractivity contribution in [2.24, 2.45) is 5.92 Å². The largest absolute Gasteiger partial charge is 0.310 e. The Morgan fingerprint density at radius 1 is 0.375 bits per heavy atom. The molecule has 0 fully saturated rings. The summed E-state index contributed by atoms with van der Waals surface area (Å²) in [6.07, 6.45) is 9.21. The molecule has 2 atom stereocenters. The molecule has 0 amide bonds. The normalized spacial score (nSPS) is 17.0. The van der Waals surface area contributed by atoms with Crippen molar-refractivity contribution in [2.45, 2.75) is 58.3 Å². The summed E-state index contributed by atoms with van der Waals surface area (Å²) < 4.78 is 0. The van der Waals surface area contributed by atoms with Gasteiger partial charge in [0.15, 0.2) is 0 Å². The number of hydrogen-bond donors (Lipinski definition) is 0. The van der Waals surface area contributed by atoms with E-state index in [9.17, 15) is 0 Å². The van der Waals surface area contributed by atoms with Gasteiger partial charge in [0.2, 0.25) is 0 Å². The Morgan fingerprint density at radius 2 is 0.781 bits per heavy atom. The lowest BCUT2D eigenvalue weighted by Gasteiger charge is -2.30. The molecule has 0 heterocycles. The van der Waals surface area contributed by atoms with Crippen LogP contribution in [0, 0.1) is 19.8 Å². The fourth-order valence-corrected chi connectivity index (χ4v) is 10.9. The van der Waals surface area contributed by atoms with Crippen LogP contribution in [0.4, 0.5) is 34.1 Å². The molecule has 0 N–H and O–H groups in total. The van der Waals surface area contributed by atoms with Gasteiger partial charge in [0.1, 0.15) is 0 Å². The van der Waals surface area contributed by atoms with Crippen molar-refractivity contribution >= 4 is 34.1 Å². The van der Waals surface area contributed by atoms with Gasteiger partial charge in [-0.2, -0.15) is 0 Å². The maximum absolute atomic E-state index is 2.45. The Balaban J connectivity index is 0.870. The molecule has 3 aliphatic carbocycles.